The average Bonchev–Trinajstić information content (AvgIpc) is 3.12. The van der Waals surface area contributed by atoms with Crippen LogP contribution < -0.4 is 5.32 Å². The second-order valence-electron chi connectivity index (χ2n) is 6.26. The zero-order valence-electron chi connectivity index (χ0n) is 14.6. The second kappa shape index (κ2) is 8.10. The van der Waals surface area contributed by atoms with Gasteiger partial charge in [0, 0.05) is 19.3 Å². The molecule has 1 atom stereocenters. The van der Waals surface area contributed by atoms with Gasteiger partial charge >= 0.3 is 0 Å². The molecule has 5 nitrogen and oxygen atoms in total. The third-order valence-electron chi connectivity index (χ3n) is 4.45. The highest BCUT2D eigenvalue weighted by atomic mass is 19.1. The Bertz CT molecular complexity index is 792. The van der Waals surface area contributed by atoms with Crippen LogP contribution in [0.25, 0.3) is 11.1 Å². The second-order valence-corrected chi connectivity index (χ2v) is 6.26. The molecule has 1 N–H and O–H groups in total. The number of methoxy groups -OCH3 is 1. The number of ether oxygens (including phenoxy) is 1. The van der Waals surface area contributed by atoms with E-state index in [4.69, 9.17) is 4.74 Å². The van der Waals surface area contributed by atoms with Crippen molar-refractivity contribution in [3.8, 4) is 11.1 Å². The Balaban J connectivity index is 1.67. The lowest BCUT2D eigenvalue weighted by Crippen LogP contribution is -2.44. The Kier molecular flexibility index (Phi) is 5.63. The number of hydrogen-bond acceptors (Lipinski definition) is 3. The van der Waals surface area contributed by atoms with Gasteiger partial charge in [0.25, 0.3) is 0 Å². The summed E-state index contributed by atoms with van der Waals surface area (Å²) in [6, 6.07) is 13.1. The molecule has 26 heavy (non-hydrogen) atoms. The Morgan fingerprint density at radius 2 is 1.96 bits per heavy atom. The minimum atomic E-state index is -0.472. The van der Waals surface area contributed by atoms with Crippen LogP contribution in [0.2, 0.25) is 0 Å². The highest BCUT2D eigenvalue weighted by Gasteiger charge is 2.33. The van der Waals surface area contributed by atoms with Gasteiger partial charge < -0.3 is 15.0 Å². The van der Waals surface area contributed by atoms with E-state index in [2.05, 4.69) is 5.32 Å². The highest BCUT2D eigenvalue weighted by molar-refractivity contribution is 5.97. The van der Waals surface area contributed by atoms with Gasteiger partial charge in [-0.3, -0.25) is 9.59 Å². The fraction of sp³-hybridized carbons (Fsp3) is 0.300. The van der Waals surface area contributed by atoms with Gasteiger partial charge in [-0.05, 0) is 48.2 Å². The number of carbonyl (C=O) groups is 2. The molecule has 0 bridgehead atoms. The predicted octanol–water partition coefficient (Wildman–Crippen LogP) is 3.07. The minimum Gasteiger partial charge on any atom is -0.375 e. The lowest BCUT2D eigenvalue weighted by Gasteiger charge is -2.23. The van der Waals surface area contributed by atoms with Crippen molar-refractivity contribution in [3.63, 3.8) is 0 Å². The smallest absolute Gasteiger partial charge is 0.249 e. The van der Waals surface area contributed by atoms with Crippen molar-refractivity contribution in [2.45, 2.75) is 18.9 Å². The lowest BCUT2D eigenvalue weighted by molar-refractivity contribution is -0.139. The molecule has 1 aliphatic heterocycles. The average molecular weight is 356 g/mol. The Morgan fingerprint density at radius 1 is 1.19 bits per heavy atom. The molecule has 1 heterocycles. The molecule has 0 saturated carbocycles. The third-order valence-corrected chi connectivity index (χ3v) is 4.45. The molecule has 3 rings (SSSR count). The Hall–Kier alpha value is -2.73. The summed E-state index contributed by atoms with van der Waals surface area (Å²) in [6.07, 6.45) is 1.44. The first kappa shape index (κ1) is 18.1. The SMILES string of the molecule is COCC(=O)N1CCC[C@@H]1C(=O)Nc1ccc(-c2cccc(F)c2)cc1. The molecule has 1 fully saturated rings. The molecule has 0 unspecified atom stereocenters. The number of rotatable bonds is 5. The molecule has 136 valence electrons. The Labute approximate surface area is 151 Å². The molecule has 0 radical (unpaired) electrons. The third kappa shape index (κ3) is 4.08. The van der Waals surface area contributed by atoms with Crippen molar-refractivity contribution in [2.24, 2.45) is 0 Å². The van der Waals surface area contributed by atoms with Crippen LogP contribution in [-0.4, -0.2) is 43.0 Å². The summed E-state index contributed by atoms with van der Waals surface area (Å²) >= 11 is 0. The normalized spacial score (nSPS) is 16.5. The predicted molar refractivity (Wildman–Crippen MR) is 97.1 cm³/mol. The molecule has 2 amide bonds. The first-order valence-electron chi connectivity index (χ1n) is 8.54. The molecule has 2 aromatic rings. The summed E-state index contributed by atoms with van der Waals surface area (Å²) in [5.74, 6) is -0.668. The van der Waals surface area contributed by atoms with Crippen molar-refractivity contribution >= 4 is 17.5 Å². The van der Waals surface area contributed by atoms with E-state index >= 15 is 0 Å². The van der Waals surface area contributed by atoms with Gasteiger partial charge in [-0.15, -0.1) is 0 Å². The fourth-order valence-corrected chi connectivity index (χ4v) is 3.18. The largest absolute Gasteiger partial charge is 0.375 e. The standard InChI is InChI=1S/C20H21FN2O3/c1-26-13-19(24)23-11-3-6-18(23)20(25)22-17-9-7-14(8-10-17)15-4-2-5-16(21)12-15/h2,4-5,7-10,12,18H,3,6,11,13H2,1H3,(H,22,25)/t18-/m1/s1. The number of carbonyl (C=O) groups excluding carboxylic acids is 2. The van der Waals surface area contributed by atoms with E-state index in [1.165, 1.54) is 19.2 Å². The molecule has 0 spiro atoms. The van der Waals surface area contributed by atoms with Crippen molar-refractivity contribution in [1.82, 2.24) is 4.90 Å². The van der Waals surface area contributed by atoms with E-state index in [9.17, 15) is 14.0 Å². The van der Waals surface area contributed by atoms with Gasteiger partial charge in [0.1, 0.15) is 18.5 Å². The summed E-state index contributed by atoms with van der Waals surface area (Å²) < 4.78 is 18.2. The Morgan fingerprint density at radius 3 is 2.65 bits per heavy atom. The van der Waals surface area contributed by atoms with Gasteiger partial charge in [0.15, 0.2) is 0 Å². The van der Waals surface area contributed by atoms with E-state index in [1.807, 2.05) is 18.2 Å². The number of hydrogen-bond donors (Lipinski definition) is 1. The van der Waals surface area contributed by atoms with E-state index in [-0.39, 0.29) is 24.2 Å². The topological polar surface area (TPSA) is 58.6 Å². The lowest BCUT2D eigenvalue weighted by atomic mass is 10.1. The van der Waals surface area contributed by atoms with Crippen LogP contribution in [0, 0.1) is 5.82 Å². The minimum absolute atomic E-state index is 0.0217. The number of nitrogens with one attached hydrogen (secondary N) is 1. The number of anilines is 1. The zero-order chi connectivity index (χ0) is 18.5. The van der Waals surface area contributed by atoms with Gasteiger partial charge in [-0.25, -0.2) is 4.39 Å². The quantitative estimate of drug-likeness (QED) is 0.896. The number of amides is 2. The first-order chi connectivity index (χ1) is 12.6. The van der Waals surface area contributed by atoms with E-state index < -0.39 is 6.04 Å². The van der Waals surface area contributed by atoms with Crippen molar-refractivity contribution < 1.29 is 18.7 Å². The summed E-state index contributed by atoms with van der Waals surface area (Å²) in [4.78, 5) is 26.1. The number of nitrogens with zero attached hydrogens (tertiary/aromatic N) is 1. The molecular formula is C20H21FN2O3. The summed E-state index contributed by atoms with van der Waals surface area (Å²) in [7, 11) is 1.46. The van der Waals surface area contributed by atoms with Crippen LogP contribution >= 0.6 is 0 Å². The summed E-state index contributed by atoms with van der Waals surface area (Å²) in [6.45, 7) is 0.547. The van der Waals surface area contributed by atoms with Crippen molar-refractivity contribution in [1.29, 1.82) is 0 Å². The van der Waals surface area contributed by atoms with Gasteiger partial charge in [0.05, 0.1) is 0 Å². The van der Waals surface area contributed by atoms with Crippen LogP contribution in [0.15, 0.2) is 48.5 Å². The maximum atomic E-state index is 13.3. The van der Waals surface area contributed by atoms with E-state index in [0.29, 0.717) is 18.7 Å². The molecule has 2 aromatic carbocycles. The maximum absolute atomic E-state index is 13.3. The van der Waals surface area contributed by atoms with Crippen LogP contribution in [-0.2, 0) is 14.3 Å². The van der Waals surface area contributed by atoms with E-state index in [1.54, 1.807) is 23.1 Å². The van der Waals surface area contributed by atoms with Crippen molar-refractivity contribution in [3.05, 3.63) is 54.3 Å². The summed E-state index contributed by atoms with van der Waals surface area (Å²) in [5, 5.41) is 2.85. The zero-order valence-corrected chi connectivity index (χ0v) is 14.6. The van der Waals surface area contributed by atoms with E-state index in [0.717, 1.165) is 17.5 Å². The van der Waals surface area contributed by atoms with Gasteiger partial charge in [-0.1, -0.05) is 24.3 Å². The molecule has 0 aromatic heterocycles. The van der Waals surface area contributed by atoms with Gasteiger partial charge in [0.2, 0.25) is 11.8 Å². The number of likely N-dealkylation sites (tertiary alicyclic amines) is 1. The molecule has 1 aliphatic rings. The molecule has 0 aliphatic carbocycles. The summed E-state index contributed by atoms with van der Waals surface area (Å²) in [5.41, 5.74) is 2.27. The first-order valence-corrected chi connectivity index (χ1v) is 8.54. The van der Waals surface area contributed by atoms with Crippen molar-refractivity contribution in [2.75, 3.05) is 25.6 Å². The number of halogens is 1. The van der Waals surface area contributed by atoms with Crippen LogP contribution in [0.3, 0.4) is 0 Å². The fourth-order valence-electron chi connectivity index (χ4n) is 3.18. The molecule has 6 heteroatoms. The number of benzene rings is 2. The maximum Gasteiger partial charge on any atom is 0.249 e. The highest BCUT2D eigenvalue weighted by Crippen LogP contribution is 2.23. The van der Waals surface area contributed by atoms with Crippen LogP contribution in [0.1, 0.15) is 12.8 Å². The van der Waals surface area contributed by atoms with Crippen LogP contribution in [0.4, 0.5) is 10.1 Å². The molecule has 1 saturated heterocycles. The van der Waals surface area contributed by atoms with Crippen LogP contribution in [0.5, 0.6) is 0 Å². The monoisotopic (exact) mass is 356 g/mol. The molecular weight excluding hydrogens is 335 g/mol. The van der Waals surface area contributed by atoms with Gasteiger partial charge in [-0.2, -0.15) is 0 Å².